The van der Waals surface area contributed by atoms with E-state index in [1.165, 1.54) is 28.2 Å². The van der Waals surface area contributed by atoms with Crippen LogP contribution in [0.2, 0.25) is 0 Å². The molecule has 106 valence electrons. The Morgan fingerprint density at radius 3 is 2.67 bits per heavy atom. The molecule has 0 atom stereocenters. The number of hydrogen-bond donors (Lipinski definition) is 2. The standard InChI is InChI=1S/C14H12N4OS2/c1-9-2-4-10(5-3-9)16-14-17-11(8-21-14)12(19)18-13-15-6-7-20-13/h2-8H,1H3,(H,16,17)(H,15,18,19). The largest absolute Gasteiger partial charge is 0.332 e. The first-order valence-corrected chi connectivity index (χ1v) is 7.97. The normalized spacial score (nSPS) is 10.3. The molecule has 5 nitrogen and oxygen atoms in total. The molecule has 0 spiro atoms. The molecule has 0 bridgehead atoms. The van der Waals surface area contributed by atoms with Gasteiger partial charge in [0.1, 0.15) is 5.69 Å². The van der Waals surface area contributed by atoms with Crippen LogP contribution in [0.3, 0.4) is 0 Å². The molecule has 0 fully saturated rings. The first-order valence-electron chi connectivity index (χ1n) is 6.21. The number of carbonyl (C=O) groups is 1. The Bertz CT molecular complexity index is 735. The highest BCUT2D eigenvalue weighted by Gasteiger charge is 2.12. The van der Waals surface area contributed by atoms with Crippen LogP contribution in [-0.2, 0) is 0 Å². The van der Waals surface area contributed by atoms with E-state index in [1.54, 1.807) is 17.0 Å². The predicted octanol–water partition coefficient (Wildman–Crippen LogP) is 3.90. The summed E-state index contributed by atoms with van der Waals surface area (Å²) in [6, 6.07) is 8.00. The van der Waals surface area contributed by atoms with E-state index in [9.17, 15) is 4.79 Å². The predicted molar refractivity (Wildman–Crippen MR) is 86.6 cm³/mol. The minimum absolute atomic E-state index is 0.252. The van der Waals surface area contributed by atoms with Gasteiger partial charge < -0.3 is 5.32 Å². The molecular weight excluding hydrogens is 304 g/mol. The van der Waals surface area contributed by atoms with Gasteiger partial charge in [-0.25, -0.2) is 9.97 Å². The summed E-state index contributed by atoms with van der Waals surface area (Å²) in [4.78, 5) is 20.3. The zero-order valence-corrected chi connectivity index (χ0v) is 12.8. The molecule has 1 amide bonds. The van der Waals surface area contributed by atoms with Crippen LogP contribution in [0.4, 0.5) is 16.0 Å². The van der Waals surface area contributed by atoms with Crippen molar-refractivity contribution in [2.75, 3.05) is 10.6 Å². The first-order chi connectivity index (χ1) is 10.2. The van der Waals surface area contributed by atoms with Gasteiger partial charge in [0, 0.05) is 22.6 Å². The van der Waals surface area contributed by atoms with Gasteiger partial charge in [0.2, 0.25) is 0 Å². The lowest BCUT2D eigenvalue weighted by atomic mass is 10.2. The highest BCUT2D eigenvalue weighted by atomic mass is 32.1. The van der Waals surface area contributed by atoms with Gasteiger partial charge in [-0.15, -0.1) is 22.7 Å². The average molecular weight is 316 g/mol. The summed E-state index contributed by atoms with van der Waals surface area (Å²) in [5.41, 5.74) is 2.52. The Kier molecular flexibility index (Phi) is 3.94. The van der Waals surface area contributed by atoms with Crippen LogP contribution in [-0.4, -0.2) is 15.9 Å². The number of benzene rings is 1. The molecule has 0 saturated heterocycles. The van der Waals surface area contributed by atoms with Crippen molar-refractivity contribution in [3.05, 3.63) is 52.5 Å². The number of carbonyl (C=O) groups excluding carboxylic acids is 1. The van der Waals surface area contributed by atoms with Crippen molar-refractivity contribution in [2.45, 2.75) is 6.92 Å². The maximum Gasteiger partial charge on any atom is 0.276 e. The maximum absolute atomic E-state index is 12.0. The molecule has 0 unspecified atom stereocenters. The van der Waals surface area contributed by atoms with E-state index in [2.05, 4.69) is 20.6 Å². The van der Waals surface area contributed by atoms with Crippen LogP contribution >= 0.6 is 22.7 Å². The zero-order chi connectivity index (χ0) is 14.7. The fraction of sp³-hybridized carbons (Fsp3) is 0.0714. The van der Waals surface area contributed by atoms with Crippen LogP contribution in [0.1, 0.15) is 16.1 Å². The Hall–Kier alpha value is -2.25. The van der Waals surface area contributed by atoms with E-state index in [-0.39, 0.29) is 5.91 Å². The molecule has 0 radical (unpaired) electrons. The van der Waals surface area contributed by atoms with E-state index < -0.39 is 0 Å². The Balaban J connectivity index is 1.68. The third-order valence-electron chi connectivity index (χ3n) is 2.69. The number of aromatic nitrogens is 2. The SMILES string of the molecule is Cc1ccc(Nc2nc(C(=O)Nc3nccs3)cs2)cc1. The number of aryl methyl sites for hydroxylation is 1. The fourth-order valence-electron chi connectivity index (χ4n) is 1.64. The lowest BCUT2D eigenvalue weighted by Crippen LogP contribution is -2.12. The van der Waals surface area contributed by atoms with E-state index in [1.807, 2.05) is 31.2 Å². The summed E-state index contributed by atoms with van der Waals surface area (Å²) < 4.78 is 0. The summed E-state index contributed by atoms with van der Waals surface area (Å²) in [5, 5.41) is 10.7. The van der Waals surface area contributed by atoms with Gasteiger partial charge in [-0.05, 0) is 19.1 Å². The Morgan fingerprint density at radius 1 is 1.14 bits per heavy atom. The van der Waals surface area contributed by atoms with E-state index >= 15 is 0 Å². The monoisotopic (exact) mass is 316 g/mol. The van der Waals surface area contributed by atoms with Gasteiger partial charge in [0.15, 0.2) is 10.3 Å². The minimum Gasteiger partial charge on any atom is -0.332 e. The number of nitrogens with zero attached hydrogens (tertiary/aromatic N) is 2. The molecular formula is C14H12N4OS2. The molecule has 2 aromatic heterocycles. The van der Waals surface area contributed by atoms with Crippen molar-refractivity contribution in [2.24, 2.45) is 0 Å². The fourth-order valence-corrected chi connectivity index (χ4v) is 2.88. The van der Waals surface area contributed by atoms with Crippen LogP contribution in [0.25, 0.3) is 0 Å². The smallest absolute Gasteiger partial charge is 0.276 e. The van der Waals surface area contributed by atoms with Gasteiger partial charge in [-0.1, -0.05) is 17.7 Å². The summed E-state index contributed by atoms with van der Waals surface area (Å²) >= 11 is 2.76. The zero-order valence-electron chi connectivity index (χ0n) is 11.2. The summed E-state index contributed by atoms with van der Waals surface area (Å²) in [7, 11) is 0. The second-order valence-corrected chi connectivity index (χ2v) is 6.07. The van der Waals surface area contributed by atoms with Gasteiger partial charge in [0.05, 0.1) is 0 Å². The maximum atomic E-state index is 12.0. The highest BCUT2D eigenvalue weighted by molar-refractivity contribution is 7.14. The molecule has 0 aliphatic carbocycles. The molecule has 0 aliphatic heterocycles. The quantitative estimate of drug-likeness (QED) is 0.766. The number of thiazole rings is 2. The van der Waals surface area contributed by atoms with Crippen molar-refractivity contribution in [3.63, 3.8) is 0 Å². The van der Waals surface area contributed by atoms with Crippen LogP contribution in [0, 0.1) is 6.92 Å². The summed E-state index contributed by atoms with van der Waals surface area (Å²) in [6.07, 6.45) is 1.64. The minimum atomic E-state index is -0.252. The van der Waals surface area contributed by atoms with Crippen molar-refractivity contribution in [3.8, 4) is 0 Å². The second-order valence-electron chi connectivity index (χ2n) is 4.32. The average Bonchev–Trinajstić information content (AvgIpc) is 3.13. The van der Waals surface area contributed by atoms with E-state index in [4.69, 9.17) is 0 Å². The topological polar surface area (TPSA) is 66.9 Å². The lowest BCUT2D eigenvalue weighted by Gasteiger charge is -2.02. The Morgan fingerprint density at radius 2 is 1.95 bits per heavy atom. The lowest BCUT2D eigenvalue weighted by molar-refractivity contribution is 0.102. The van der Waals surface area contributed by atoms with Gasteiger partial charge in [-0.2, -0.15) is 0 Å². The molecule has 0 saturated carbocycles. The van der Waals surface area contributed by atoms with E-state index in [0.717, 1.165) is 5.69 Å². The van der Waals surface area contributed by atoms with Crippen molar-refractivity contribution >= 4 is 44.5 Å². The van der Waals surface area contributed by atoms with Crippen LogP contribution in [0.15, 0.2) is 41.2 Å². The van der Waals surface area contributed by atoms with Crippen molar-refractivity contribution in [1.29, 1.82) is 0 Å². The number of hydrogen-bond acceptors (Lipinski definition) is 6. The molecule has 0 aliphatic rings. The third-order valence-corrected chi connectivity index (χ3v) is 4.14. The summed E-state index contributed by atoms with van der Waals surface area (Å²) in [5.74, 6) is -0.252. The van der Waals surface area contributed by atoms with Crippen molar-refractivity contribution in [1.82, 2.24) is 9.97 Å². The summed E-state index contributed by atoms with van der Waals surface area (Å²) in [6.45, 7) is 2.04. The third kappa shape index (κ3) is 3.45. The van der Waals surface area contributed by atoms with Gasteiger partial charge >= 0.3 is 0 Å². The van der Waals surface area contributed by atoms with Crippen LogP contribution in [0.5, 0.6) is 0 Å². The molecule has 3 aromatic rings. The van der Waals surface area contributed by atoms with E-state index in [0.29, 0.717) is 16.0 Å². The molecule has 2 N–H and O–H groups in total. The number of anilines is 3. The van der Waals surface area contributed by atoms with Crippen molar-refractivity contribution < 1.29 is 4.79 Å². The van der Waals surface area contributed by atoms with Gasteiger partial charge in [0.25, 0.3) is 5.91 Å². The van der Waals surface area contributed by atoms with Gasteiger partial charge in [-0.3, -0.25) is 10.1 Å². The Labute approximate surface area is 129 Å². The van der Waals surface area contributed by atoms with Crippen LogP contribution < -0.4 is 10.6 Å². The number of rotatable bonds is 4. The highest BCUT2D eigenvalue weighted by Crippen LogP contribution is 2.22. The molecule has 3 rings (SSSR count). The molecule has 2 heterocycles. The molecule has 1 aromatic carbocycles. The number of amides is 1. The second kappa shape index (κ2) is 6.02. The first kappa shape index (κ1) is 13.7. The molecule has 21 heavy (non-hydrogen) atoms. The molecule has 7 heteroatoms. The number of nitrogens with one attached hydrogen (secondary N) is 2.